The fourth-order valence-corrected chi connectivity index (χ4v) is 6.30. The Morgan fingerprint density at radius 2 is 1.73 bits per heavy atom. The number of amides is 1. The van der Waals surface area contributed by atoms with Gasteiger partial charge in [0.25, 0.3) is 5.91 Å². The first-order valence-electron chi connectivity index (χ1n) is 10.6. The molecule has 8 heteroatoms. The standard InChI is InChI=1S/C22H30N4O3S/c1-16-4-6-19(7-5-16)14-26-18(3)21(17(2)23-26)22(27)25-11-9-24(10-12-25)20-8-13-30(28,29)15-20/h4-7,20H,8-15H2,1-3H3/t20-/m1/s1. The van der Waals surface area contributed by atoms with Crippen LogP contribution in [0.5, 0.6) is 0 Å². The molecule has 162 valence electrons. The average Bonchev–Trinajstić information content (AvgIpc) is 3.21. The van der Waals surface area contributed by atoms with Gasteiger partial charge in [0, 0.05) is 37.9 Å². The van der Waals surface area contributed by atoms with Crippen molar-refractivity contribution in [3.63, 3.8) is 0 Å². The SMILES string of the molecule is Cc1ccc(Cn2nc(C)c(C(=O)N3CCN([C@@H]4CCS(=O)(=O)C4)CC3)c2C)cc1. The number of hydrogen-bond donors (Lipinski definition) is 0. The van der Waals surface area contributed by atoms with E-state index in [4.69, 9.17) is 0 Å². The monoisotopic (exact) mass is 430 g/mol. The lowest BCUT2D eigenvalue weighted by molar-refractivity contribution is 0.0586. The second kappa shape index (κ2) is 8.15. The molecule has 0 radical (unpaired) electrons. The van der Waals surface area contributed by atoms with Crippen LogP contribution < -0.4 is 0 Å². The summed E-state index contributed by atoms with van der Waals surface area (Å²) in [5, 5.41) is 4.63. The smallest absolute Gasteiger partial charge is 0.257 e. The molecular weight excluding hydrogens is 400 g/mol. The van der Waals surface area contributed by atoms with Crippen LogP contribution >= 0.6 is 0 Å². The maximum absolute atomic E-state index is 13.2. The van der Waals surface area contributed by atoms with Crippen LogP contribution in [-0.2, 0) is 16.4 Å². The van der Waals surface area contributed by atoms with Crippen LogP contribution in [0.25, 0.3) is 0 Å². The number of nitrogens with zero attached hydrogens (tertiary/aromatic N) is 4. The van der Waals surface area contributed by atoms with Crippen LogP contribution in [0.15, 0.2) is 24.3 Å². The van der Waals surface area contributed by atoms with E-state index in [1.54, 1.807) is 0 Å². The molecule has 1 amide bonds. The van der Waals surface area contributed by atoms with Crippen molar-refractivity contribution in [1.29, 1.82) is 0 Å². The van der Waals surface area contributed by atoms with Gasteiger partial charge in [-0.2, -0.15) is 5.10 Å². The summed E-state index contributed by atoms with van der Waals surface area (Å²) in [6, 6.07) is 8.46. The third-order valence-electron chi connectivity index (χ3n) is 6.37. The largest absolute Gasteiger partial charge is 0.336 e. The molecule has 0 bridgehead atoms. The highest BCUT2D eigenvalue weighted by Gasteiger charge is 2.35. The minimum absolute atomic E-state index is 0.0267. The first-order valence-corrected chi connectivity index (χ1v) is 12.4. The van der Waals surface area contributed by atoms with Gasteiger partial charge in [-0.05, 0) is 32.8 Å². The zero-order chi connectivity index (χ0) is 21.5. The van der Waals surface area contributed by atoms with Gasteiger partial charge in [-0.15, -0.1) is 0 Å². The number of carbonyl (C=O) groups excluding carboxylic acids is 1. The highest BCUT2D eigenvalue weighted by atomic mass is 32.2. The van der Waals surface area contributed by atoms with Crippen LogP contribution in [0, 0.1) is 20.8 Å². The van der Waals surface area contributed by atoms with Crippen molar-refractivity contribution in [2.45, 2.75) is 39.8 Å². The summed E-state index contributed by atoms with van der Waals surface area (Å²) >= 11 is 0. The van der Waals surface area contributed by atoms with Crippen LogP contribution in [0.2, 0.25) is 0 Å². The van der Waals surface area contributed by atoms with Gasteiger partial charge < -0.3 is 4.90 Å². The molecule has 30 heavy (non-hydrogen) atoms. The quantitative estimate of drug-likeness (QED) is 0.739. The zero-order valence-electron chi connectivity index (χ0n) is 18.0. The molecule has 0 unspecified atom stereocenters. The van der Waals surface area contributed by atoms with Crippen molar-refractivity contribution in [2.24, 2.45) is 0 Å². The van der Waals surface area contributed by atoms with E-state index >= 15 is 0 Å². The molecule has 0 spiro atoms. The van der Waals surface area contributed by atoms with Crippen molar-refractivity contribution in [3.8, 4) is 0 Å². The molecule has 2 fully saturated rings. The Bertz CT molecular complexity index is 1040. The molecule has 2 aliphatic rings. The van der Waals surface area contributed by atoms with Crippen molar-refractivity contribution in [3.05, 3.63) is 52.3 Å². The van der Waals surface area contributed by atoms with Crippen LogP contribution in [-0.4, -0.2) is 77.6 Å². The summed E-state index contributed by atoms with van der Waals surface area (Å²) in [7, 11) is -2.89. The molecule has 0 aliphatic carbocycles. The van der Waals surface area contributed by atoms with Crippen molar-refractivity contribution < 1.29 is 13.2 Å². The average molecular weight is 431 g/mol. The number of benzene rings is 1. The van der Waals surface area contributed by atoms with E-state index < -0.39 is 9.84 Å². The van der Waals surface area contributed by atoms with E-state index in [1.165, 1.54) is 5.56 Å². The summed E-state index contributed by atoms with van der Waals surface area (Å²) in [6.07, 6.45) is 0.709. The van der Waals surface area contributed by atoms with Gasteiger partial charge >= 0.3 is 0 Å². The molecular formula is C22H30N4O3S. The Hall–Kier alpha value is -2.19. The van der Waals surface area contributed by atoms with Gasteiger partial charge in [-0.1, -0.05) is 29.8 Å². The van der Waals surface area contributed by atoms with E-state index in [9.17, 15) is 13.2 Å². The van der Waals surface area contributed by atoms with E-state index in [0.29, 0.717) is 31.6 Å². The van der Waals surface area contributed by atoms with E-state index in [2.05, 4.69) is 41.2 Å². The van der Waals surface area contributed by atoms with E-state index in [-0.39, 0.29) is 23.5 Å². The Labute approximate surface area is 178 Å². The predicted octanol–water partition coefficient (Wildman–Crippen LogP) is 1.80. The third-order valence-corrected chi connectivity index (χ3v) is 8.12. The topological polar surface area (TPSA) is 75.5 Å². The zero-order valence-corrected chi connectivity index (χ0v) is 18.8. The Kier molecular flexibility index (Phi) is 5.72. The number of rotatable bonds is 4. The minimum atomic E-state index is -2.89. The molecule has 7 nitrogen and oxygen atoms in total. The van der Waals surface area contributed by atoms with E-state index in [0.717, 1.165) is 30.0 Å². The molecule has 1 aromatic carbocycles. The van der Waals surface area contributed by atoms with Gasteiger partial charge in [0.2, 0.25) is 0 Å². The maximum Gasteiger partial charge on any atom is 0.257 e. The number of aryl methyl sites for hydroxylation is 2. The van der Waals surface area contributed by atoms with Crippen molar-refractivity contribution in [1.82, 2.24) is 19.6 Å². The van der Waals surface area contributed by atoms with Gasteiger partial charge in [-0.25, -0.2) is 8.42 Å². The summed E-state index contributed by atoms with van der Waals surface area (Å²) in [4.78, 5) is 17.4. The summed E-state index contributed by atoms with van der Waals surface area (Å²) in [5.74, 6) is 0.569. The third kappa shape index (κ3) is 4.30. The molecule has 2 saturated heterocycles. The highest BCUT2D eigenvalue weighted by molar-refractivity contribution is 7.91. The first kappa shape index (κ1) is 21.1. The predicted molar refractivity (Wildman–Crippen MR) is 117 cm³/mol. The molecule has 2 aromatic rings. The number of sulfone groups is 1. The fraction of sp³-hybridized carbons (Fsp3) is 0.545. The number of aromatic nitrogens is 2. The summed E-state index contributed by atoms with van der Waals surface area (Å²) < 4.78 is 25.4. The lowest BCUT2D eigenvalue weighted by Crippen LogP contribution is -2.52. The molecule has 0 saturated carbocycles. The second-order valence-corrected chi connectivity index (χ2v) is 10.8. The van der Waals surface area contributed by atoms with Crippen LogP contribution in [0.1, 0.15) is 39.3 Å². The molecule has 2 aliphatic heterocycles. The summed E-state index contributed by atoms with van der Waals surface area (Å²) in [6.45, 7) is 9.25. The molecule has 3 heterocycles. The normalized spacial score (nSPS) is 21.8. The molecule has 1 atom stereocenters. The van der Waals surface area contributed by atoms with Crippen molar-refractivity contribution >= 4 is 15.7 Å². The minimum Gasteiger partial charge on any atom is -0.336 e. The number of carbonyl (C=O) groups is 1. The van der Waals surface area contributed by atoms with Crippen LogP contribution in [0.3, 0.4) is 0 Å². The summed E-state index contributed by atoms with van der Waals surface area (Å²) in [5.41, 5.74) is 4.72. The van der Waals surface area contributed by atoms with Gasteiger partial charge in [0.05, 0.1) is 29.3 Å². The fourth-order valence-electron chi connectivity index (χ4n) is 4.54. The van der Waals surface area contributed by atoms with Gasteiger partial charge in [-0.3, -0.25) is 14.4 Å². The Morgan fingerprint density at radius 1 is 1.07 bits per heavy atom. The lowest BCUT2D eigenvalue weighted by atomic mass is 10.1. The molecule has 0 N–H and O–H groups in total. The second-order valence-electron chi connectivity index (χ2n) is 8.57. The lowest BCUT2D eigenvalue weighted by Gasteiger charge is -2.37. The number of piperazine rings is 1. The first-order chi connectivity index (χ1) is 14.2. The van der Waals surface area contributed by atoms with E-state index in [1.807, 2.05) is 23.4 Å². The van der Waals surface area contributed by atoms with Crippen molar-refractivity contribution in [2.75, 3.05) is 37.7 Å². The number of hydrogen-bond acceptors (Lipinski definition) is 5. The maximum atomic E-state index is 13.2. The molecule has 1 aromatic heterocycles. The molecule has 4 rings (SSSR count). The van der Waals surface area contributed by atoms with Gasteiger partial charge in [0.1, 0.15) is 0 Å². The van der Waals surface area contributed by atoms with Crippen LogP contribution in [0.4, 0.5) is 0 Å². The highest BCUT2D eigenvalue weighted by Crippen LogP contribution is 2.22. The van der Waals surface area contributed by atoms with Gasteiger partial charge in [0.15, 0.2) is 9.84 Å². The Morgan fingerprint density at radius 3 is 2.33 bits per heavy atom. The Balaban J connectivity index is 1.42.